The molecule has 1 aliphatic rings. The number of carbonyl (C=O) groups is 1. The summed E-state index contributed by atoms with van der Waals surface area (Å²) in [4.78, 5) is 17.4. The van der Waals surface area contributed by atoms with Gasteiger partial charge in [-0.25, -0.2) is 13.4 Å². The molecule has 3 aromatic rings. The molecule has 1 N–H and O–H groups in total. The Labute approximate surface area is 198 Å². The van der Waals surface area contributed by atoms with Crippen LogP contribution in [0.4, 0.5) is 5.69 Å². The Hall–Kier alpha value is -2.66. The molecule has 1 amide bonds. The SMILES string of the molecule is CC(Sc1ncc(-c2ccccc2)n1C)C(=O)Nc1cccc(S(=O)(=O)N2CCOCC2)c1. The molecule has 0 aliphatic carbocycles. The van der Waals surface area contributed by atoms with Crippen LogP contribution in [0, 0.1) is 0 Å². The second-order valence-corrected chi connectivity index (χ2v) is 10.9. The smallest absolute Gasteiger partial charge is 0.243 e. The summed E-state index contributed by atoms with van der Waals surface area (Å²) >= 11 is 1.34. The van der Waals surface area contributed by atoms with Gasteiger partial charge < -0.3 is 14.6 Å². The molecule has 1 saturated heterocycles. The molecule has 2 heterocycles. The molecule has 1 aliphatic heterocycles. The molecule has 0 radical (unpaired) electrons. The van der Waals surface area contributed by atoms with Gasteiger partial charge in [0.25, 0.3) is 0 Å². The molecular formula is C23H26N4O4S2. The first-order valence-electron chi connectivity index (χ1n) is 10.6. The van der Waals surface area contributed by atoms with Crippen LogP contribution in [0.2, 0.25) is 0 Å². The predicted octanol–water partition coefficient (Wildman–Crippen LogP) is 3.23. The standard InChI is InChI=1S/C23H26N4O4S2/c1-17(32-23-24-16-21(26(23)2)18-7-4-3-5-8-18)22(28)25-19-9-6-10-20(15-19)33(29,30)27-11-13-31-14-12-27/h3-10,15-17H,11-14H2,1-2H3,(H,25,28). The van der Waals surface area contributed by atoms with Crippen molar-refractivity contribution in [1.82, 2.24) is 13.9 Å². The van der Waals surface area contributed by atoms with Gasteiger partial charge in [0.15, 0.2) is 5.16 Å². The van der Waals surface area contributed by atoms with E-state index in [-0.39, 0.29) is 10.8 Å². The summed E-state index contributed by atoms with van der Waals surface area (Å²) in [6, 6.07) is 16.3. The highest BCUT2D eigenvalue weighted by molar-refractivity contribution is 8.00. The maximum absolute atomic E-state index is 12.9. The third kappa shape index (κ3) is 5.30. The Balaban J connectivity index is 1.44. The normalized spacial score (nSPS) is 15.8. The fraction of sp³-hybridized carbons (Fsp3) is 0.304. The molecule has 1 fully saturated rings. The Morgan fingerprint density at radius 1 is 1.12 bits per heavy atom. The summed E-state index contributed by atoms with van der Waals surface area (Å²) < 4.78 is 34.4. The highest BCUT2D eigenvalue weighted by Gasteiger charge is 2.27. The van der Waals surface area contributed by atoms with Gasteiger partial charge in [0, 0.05) is 25.8 Å². The van der Waals surface area contributed by atoms with Crippen LogP contribution >= 0.6 is 11.8 Å². The second kappa shape index (κ2) is 10.1. The van der Waals surface area contributed by atoms with Gasteiger partial charge in [0.05, 0.1) is 35.2 Å². The van der Waals surface area contributed by atoms with Gasteiger partial charge in [-0.1, -0.05) is 48.2 Å². The van der Waals surface area contributed by atoms with Gasteiger partial charge in [-0.2, -0.15) is 4.31 Å². The third-order valence-electron chi connectivity index (χ3n) is 5.38. The number of hydrogen-bond acceptors (Lipinski definition) is 6. The van der Waals surface area contributed by atoms with Crippen LogP contribution in [0.5, 0.6) is 0 Å². The average Bonchev–Trinajstić information content (AvgIpc) is 3.20. The molecule has 33 heavy (non-hydrogen) atoms. The maximum atomic E-state index is 12.9. The minimum absolute atomic E-state index is 0.152. The zero-order valence-electron chi connectivity index (χ0n) is 18.5. The van der Waals surface area contributed by atoms with E-state index >= 15 is 0 Å². The predicted molar refractivity (Wildman–Crippen MR) is 129 cm³/mol. The number of amides is 1. The van der Waals surface area contributed by atoms with Gasteiger partial charge in [-0.05, 0) is 30.7 Å². The number of imidazole rings is 1. The zero-order chi connectivity index (χ0) is 23.4. The molecule has 10 heteroatoms. The van der Waals surface area contributed by atoms with Crippen molar-refractivity contribution in [2.24, 2.45) is 7.05 Å². The molecule has 1 aromatic heterocycles. The Morgan fingerprint density at radius 3 is 2.58 bits per heavy atom. The number of thioether (sulfide) groups is 1. The van der Waals surface area contributed by atoms with E-state index in [0.29, 0.717) is 32.0 Å². The summed E-state index contributed by atoms with van der Waals surface area (Å²) in [5.74, 6) is -0.231. The average molecular weight is 487 g/mol. The minimum Gasteiger partial charge on any atom is -0.379 e. The summed E-state index contributed by atoms with van der Waals surface area (Å²) in [6.07, 6.45) is 1.79. The van der Waals surface area contributed by atoms with Crippen LogP contribution in [0.15, 0.2) is 70.8 Å². The van der Waals surface area contributed by atoms with Crippen LogP contribution in [-0.2, 0) is 26.6 Å². The molecule has 1 unspecified atom stereocenters. The topological polar surface area (TPSA) is 93.5 Å². The number of anilines is 1. The number of morpholine rings is 1. The number of nitrogens with one attached hydrogen (secondary N) is 1. The first-order valence-corrected chi connectivity index (χ1v) is 12.9. The third-order valence-corrected chi connectivity index (χ3v) is 8.43. The number of ether oxygens (including phenoxy) is 1. The van der Waals surface area contributed by atoms with Crippen molar-refractivity contribution in [2.45, 2.75) is 22.2 Å². The largest absolute Gasteiger partial charge is 0.379 e. The Kier molecular flexibility index (Phi) is 7.18. The van der Waals surface area contributed by atoms with Gasteiger partial charge in [0.1, 0.15) is 0 Å². The lowest BCUT2D eigenvalue weighted by molar-refractivity contribution is -0.115. The maximum Gasteiger partial charge on any atom is 0.243 e. The van der Waals surface area contributed by atoms with Crippen molar-refractivity contribution in [3.8, 4) is 11.3 Å². The van der Waals surface area contributed by atoms with Crippen molar-refractivity contribution < 1.29 is 17.9 Å². The lowest BCUT2D eigenvalue weighted by Gasteiger charge is -2.26. The number of aromatic nitrogens is 2. The zero-order valence-corrected chi connectivity index (χ0v) is 20.1. The summed E-state index contributed by atoms with van der Waals surface area (Å²) in [7, 11) is -1.72. The van der Waals surface area contributed by atoms with E-state index in [2.05, 4.69) is 10.3 Å². The minimum atomic E-state index is -3.63. The summed E-state index contributed by atoms with van der Waals surface area (Å²) in [5.41, 5.74) is 2.45. The molecule has 0 bridgehead atoms. The number of benzene rings is 2. The molecule has 4 rings (SSSR count). The molecule has 2 aromatic carbocycles. The Bertz CT molecular complexity index is 1220. The van der Waals surface area contributed by atoms with E-state index in [0.717, 1.165) is 16.4 Å². The van der Waals surface area contributed by atoms with E-state index in [4.69, 9.17) is 4.74 Å². The van der Waals surface area contributed by atoms with Crippen LogP contribution in [0.25, 0.3) is 11.3 Å². The fourth-order valence-electron chi connectivity index (χ4n) is 3.51. The number of carbonyl (C=O) groups excluding carboxylic acids is 1. The van der Waals surface area contributed by atoms with E-state index in [1.807, 2.05) is 41.9 Å². The van der Waals surface area contributed by atoms with Crippen molar-refractivity contribution in [3.05, 3.63) is 60.8 Å². The first kappa shape index (κ1) is 23.5. The molecule has 1 atom stereocenters. The second-order valence-electron chi connectivity index (χ2n) is 7.64. The quantitative estimate of drug-likeness (QED) is 0.516. The van der Waals surface area contributed by atoms with Crippen molar-refractivity contribution in [3.63, 3.8) is 0 Å². The van der Waals surface area contributed by atoms with Crippen LogP contribution in [-0.4, -0.2) is 59.7 Å². The number of rotatable bonds is 7. The first-order chi connectivity index (χ1) is 15.9. The van der Waals surface area contributed by atoms with Gasteiger partial charge in [-0.15, -0.1) is 0 Å². The summed E-state index contributed by atoms with van der Waals surface area (Å²) in [5, 5.41) is 3.12. The highest BCUT2D eigenvalue weighted by atomic mass is 32.2. The molecule has 0 spiro atoms. The number of hydrogen-bond donors (Lipinski definition) is 1. The molecule has 174 valence electrons. The van der Waals surface area contributed by atoms with Gasteiger partial charge >= 0.3 is 0 Å². The lowest BCUT2D eigenvalue weighted by Crippen LogP contribution is -2.40. The van der Waals surface area contributed by atoms with Crippen LogP contribution in [0.3, 0.4) is 0 Å². The van der Waals surface area contributed by atoms with Crippen molar-refractivity contribution in [2.75, 3.05) is 31.6 Å². The van der Waals surface area contributed by atoms with Crippen molar-refractivity contribution in [1.29, 1.82) is 0 Å². The van der Waals surface area contributed by atoms with Crippen molar-refractivity contribution >= 4 is 33.4 Å². The van der Waals surface area contributed by atoms with Crippen LogP contribution < -0.4 is 5.32 Å². The monoisotopic (exact) mass is 486 g/mol. The van der Waals surface area contributed by atoms with E-state index in [9.17, 15) is 13.2 Å². The fourth-order valence-corrected chi connectivity index (χ4v) is 5.81. The van der Waals surface area contributed by atoms with E-state index in [1.54, 1.807) is 25.3 Å². The van der Waals surface area contributed by atoms with Gasteiger partial charge in [0.2, 0.25) is 15.9 Å². The molecular weight excluding hydrogens is 460 g/mol. The van der Waals surface area contributed by atoms with Gasteiger partial charge in [-0.3, -0.25) is 4.79 Å². The lowest BCUT2D eigenvalue weighted by atomic mass is 10.2. The van der Waals surface area contributed by atoms with E-state index < -0.39 is 15.3 Å². The van der Waals surface area contributed by atoms with Crippen LogP contribution in [0.1, 0.15) is 6.92 Å². The molecule has 8 nitrogen and oxygen atoms in total. The highest BCUT2D eigenvalue weighted by Crippen LogP contribution is 2.28. The Morgan fingerprint density at radius 2 is 1.85 bits per heavy atom. The van der Waals surface area contributed by atoms with E-state index in [1.165, 1.54) is 28.2 Å². The molecule has 0 saturated carbocycles. The number of nitrogens with zero attached hydrogens (tertiary/aromatic N) is 3. The number of sulfonamides is 1. The summed E-state index contributed by atoms with van der Waals surface area (Å²) in [6.45, 7) is 3.20.